The molecule has 1 fully saturated rings. The average Bonchev–Trinajstić information content (AvgIpc) is 2.79. The number of nitrogens with one attached hydrogen (secondary N) is 1. The molecule has 2 unspecified atom stereocenters. The molecule has 0 saturated carbocycles. The summed E-state index contributed by atoms with van der Waals surface area (Å²) in [6.07, 6.45) is 0. The summed E-state index contributed by atoms with van der Waals surface area (Å²) in [5.74, 6) is -0.0206. The van der Waals surface area contributed by atoms with Gasteiger partial charge in [-0.05, 0) is 12.5 Å². The van der Waals surface area contributed by atoms with Crippen LogP contribution in [0.15, 0.2) is 30.3 Å². The highest BCUT2D eigenvalue weighted by molar-refractivity contribution is 7.87. The first kappa shape index (κ1) is 15.4. The quantitative estimate of drug-likeness (QED) is 0.855. The normalized spacial score (nSPS) is 23.6. The van der Waals surface area contributed by atoms with Crippen LogP contribution in [0.5, 0.6) is 0 Å². The molecule has 1 heterocycles. The average molecular weight is 292 g/mol. The van der Waals surface area contributed by atoms with Crippen LogP contribution in [0, 0.1) is 0 Å². The van der Waals surface area contributed by atoms with Crippen LogP contribution in [-0.2, 0) is 14.3 Å². The summed E-state index contributed by atoms with van der Waals surface area (Å²) in [5.41, 5.74) is 1.05. The minimum absolute atomic E-state index is 0. The van der Waals surface area contributed by atoms with E-state index in [0.717, 1.165) is 5.56 Å². The van der Waals surface area contributed by atoms with Gasteiger partial charge in [0.2, 0.25) is 0 Å². The van der Waals surface area contributed by atoms with E-state index in [9.17, 15) is 8.42 Å². The van der Waals surface area contributed by atoms with Gasteiger partial charge in [-0.3, -0.25) is 4.18 Å². The van der Waals surface area contributed by atoms with Crippen molar-refractivity contribution in [3.63, 3.8) is 0 Å². The molecule has 0 aliphatic carbocycles. The third-order valence-corrected chi connectivity index (χ3v) is 4.84. The molecule has 0 amide bonds. The summed E-state index contributed by atoms with van der Waals surface area (Å²) < 4.78 is 28.8. The molecular weight excluding hydrogens is 274 g/mol. The van der Waals surface area contributed by atoms with Gasteiger partial charge in [-0.2, -0.15) is 8.42 Å². The molecule has 0 radical (unpaired) electrons. The molecule has 1 aromatic rings. The smallest absolute Gasteiger partial charge is 0.272 e. The Morgan fingerprint density at radius 2 is 1.94 bits per heavy atom. The van der Waals surface area contributed by atoms with Crippen LogP contribution >= 0.6 is 12.4 Å². The maximum absolute atomic E-state index is 12.0. The summed E-state index contributed by atoms with van der Waals surface area (Å²) in [4.78, 5) is 0. The Labute approximate surface area is 114 Å². The lowest BCUT2D eigenvalue weighted by atomic mass is 9.98. The number of hydrogen-bond donors (Lipinski definition) is 1. The number of halogens is 1. The van der Waals surface area contributed by atoms with Gasteiger partial charge in [-0.1, -0.05) is 30.3 Å². The van der Waals surface area contributed by atoms with Crippen molar-refractivity contribution < 1.29 is 12.6 Å². The molecule has 2 atom stereocenters. The molecule has 1 aliphatic heterocycles. The Bertz CT molecular complexity index is 463. The Balaban J connectivity index is 0.00000162. The molecule has 6 heteroatoms. The van der Waals surface area contributed by atoms with Crippen LogP contribution in [0.2, 0.25) is 0 Å². The second-order valence-electron chi connectivity index (χ2n) is 4.11. The van der Waals surface area contributed by atoms with E-state index in [4.69, 9.17) is 4.18 Å². The molecule has 1 N–H and O–H groups in total. The fourth-order valence-corrected chi connectivity index (χ4v) is 3.72. The number of hydrogen-bond acceptors (Lipinski definition) is 4. The lowest BCUT2D eigenvalue weighted by Crippen LogP contribution is -2.30. The zero-order chi connectivity index (χ0) is 12.3. The van der Waals surface area contributed by atoms with Crippen molar-refractivity contribution >= 4 is 22.5 Å². The molecule has 4 nitrogen and oxygen atoms in total. The van der Waals surface area contributed by atoms with E-state index in [1.807, 2.05) is 30.3 Å². The molecule has 1 aromatic carbocycles. The highest BCUT2D eigenvalue weighted by Crippen LogP contribution is 2.28. The maximum Gasteiger partial charge on any atom is 0.272 e. The Kier molecular flexibility index (Phi) is 5.59. The largest absolute Gasteiger partial charge is 0.315 e. The molecule has 1 aliphatic rings. The molecule has 0 aromatic heterocycles. The van der Waals surface area contributed by atoms with E-state index in [2.05, 4.69) is 5.32 Å². The van der Waals surface area contributed by atoms with Gasteiger partial charge < -0.3 is 5.32 Å². The van der Waals surface area contributed by atoms with Crippen LogP contribution in [0.4, 0.5) is 0 Å². The zero-order valence-electron chi connectivity index (χ0n) is 10.2. The molecular formula is C12H18ClNO3S. The SMILES string of the molecule is CCOS(=O)(=O)C1CNCC1c1ccccc1.Cl. The van der Waals surface area contributed by atoms with Crippen LogP contribution in [-0.4, -0.2) is 33.4 Å². The zero-order valence-corrected chi connectivity index (χ0v) is 11.8. The van der Waals surface area contributed by atoms with Crippen LogP contribution in [0.1, 0.15) is 18.4 Å². The van der Waals surface area contributed by atoms with Crippen molar-refractivity contribution in [2.24, 2.45) is 0 Å². The van der Waals surface area contributed by atoms with Gasteiger partial charge in [0.1, 0.15) is 5.25 Å². The van der Waals surface area contributed by atoms with Gasteiger partial charge in [0.05, 0.1) is 6.61 Å². The molecule has 0 spiro atoms. The first-order chi connectivity index (χ1) is 8.15. The third-order valence-electron chi connectivity index (χ3n) is 3.04. The lowest BCUT2D eigenvalue weighted by Gasteiger charge is -2.18. The van der Waals surface area contributed by atoms with Crippen molar-refractivity contribution in [2.75, 3.05) is 19.7 Å². The van der Waals surface area contributed by atoms with Crippen molar-refractivity contribution in [3.8, 4) is 0 Å². The predicted octanol–water partition coefficient (Wildman–Crippen LogP) is 1.53. The molecule has 0 bridgehead atoms. The monoisotopic (exact) mass is 291 g/mol. The summed E-state index contributed by atoms with van der Waals surface area (Å²) in [7, 11) is -3.47. The lowest BCUT2D eigenvalue weighted by molar-refractivity contribution is 0.330. The minimum atomic E-state index is -3.47. The Morgan fingerprint density at radius 1 is 1.28 bits per heavy atom. The molecule has 18 heavy (non-hydrogen) atoms. The van der Waals surface area contributed by atoms with E-state index in [1.54, 1.807) is 6.92 Å². The van der Waals surface area contributed by atoms with Crippen molar-refractivity contribution in [1.29, 1.82) is 0 Å². The van der Waals surface area contributed by atoms with Gasteiger partial charge in [0, 0.05) is 19.0 Å². The highest BCUT2D eigenvalue weighted by Gasteiger charge is 2.38. The standard InChI is InChI=1S/C12H17NO3S.ClH/c1-2-16-17(14,15)12-9-13-8-11(12)10-6-4-3-5-7-10;/h3-7,11-13H,2,8-9H2,1H3;1H. The van der Waals surface area contributed by atoms with E-state index >= 15 is 0 Å². The first-order valence-corrected chi connectivity index (χ1v) is 7.26. The van der Waals surface area contributed by atoms with E-state index in [0.29, 0.717) is 13.1 Å². The van der Waals surface area contributed by atoms with E-state index in [-0.39, 0.29) is 24.9 Å². The summed E-state index contributed by atoms with van der Waals surface area (Å²) in [5, 5.41) is 2.64. The van der Waals surface area contributed by atoms with Crippen molar-refractivity contribution in [3.05, 3.63) is 35.9 Å². The summed E-state index contributed by atoms with van der Waals surface area (Å²) in [6.45, 7) is 3.03. The van der Waals surface area contributed by atoms with Crippen LogP contribution < -0.4 is 5.32 Å². The fourth-order valence-electron chi connectivity index (χ4n) is 2.24. The maximum atomic E-state index is 12.0. The predicted molar refractivity (Wildman–Crippen MR) is 73.6 cm³/mol. The molecule has 1 saturated heterocycles. The van der Waals surface area contributed by atoms with Gasteiger partial charge in [0.15, 0.2) is 0 Å². The molecule has 2 rings (SSSR count). The third kappa shape index (κ3) is 3.23. The van der Waals surface area contributed by atoms with E-state index < -0.39 is 15.4 Å². The van der Waals surface area contributed by atoms with Gasteiger partial charge in [0.25, 0.3) is 10.1 Å². The highest BCUT2D eigenvalue weighted by atomic mass is 35.5. The Morgan fingerprint density at radius 3 is 2.56 bits per heavy atom. The minimum Gasteiger partial charge on any atom is -0.315 e. The number of rotatable bonds is 4. The van der Waals surface area contributed by atoms with Gasteiger partial charge in [-0.25, -0.2) is 0 Å². The van der Waals surface area contributed by atoms with E-state index in [1.165, 1.54) is 0 Å². The second-order valence-corrected chi connectivity index (χ2v) is 5.94. The second kappa shape index (κ2) is 6.52. The fraction of sp³-hybridized carbons (Fsp3) is 0.500. The van der Waals surface area contributed by atoms with Gasteiger partial charge in [-0.15, -0.1) is 12.4 Å². The van der Waals surface area contributed by atoms with Crippen molar-refractivity contribution in [1.82, 2.24) is 5.32 Å². The Hall–Kier alpha value is -0.620. The van der Waals surface area contributed by atoms with Crippen LogP contribution in [0.3, 0.4) is 0 Å². The summed E-state index contributed by atoms with van der Waals surface area (Å²) in [6, 6.07) is 9.71. The molecule has 102 valence electrons. The topological polar surface area (TPSA) is 55.4 Å². The van der Waals surface area contributed by atoms with Crippen LogP contribution in [0.25, 0.3) is 0 Å². The number of benzene rings is 1. The summed E-state index contributed by atoms with van der Waals surface area (Å²) >= 11 is 0. The first-order valence-electron chi connectivity index (χ1n) is 5.79. The van der Waals surface area contributed by atoms with Gasteiger partial charge >= 0.3 is 0 Å². The van der Waals surface area contributed by atoms with Crippen molar-refractivity contribution in [2.45, 2.75) is 18.1 Å².